The highest BCUT2D eigenvalue weighted by Gasteiger charge is 2.13. The van der Waals surface area contributed by atoms with E-state index in [9.17, 15) is 4.79 Å². The number of primary amides is 1. The van der Waals surface area contributed by atoms with Crippen molar-refractivity contribution in [2.45, 2.75) is 25.6 Å². The summed E-state index contributed by atoms with van der Waals surface area (Å²) in [5.74, 6) is 1.09. The van der Waals surface area contributed by atoms with Gasteiger partial charge in [0.25, 0.3) is 0 Å². The summed E-state index contributed by atoms with van der Waals surface area (Å²) < 4.78 is 11.0. The van der Waals surface area contributed by atoms with Crippen LogP contribution in [-0.2, 0) is 17.9 Å². The van der Waals surface area contributed by atoms with E-state index in [1.54, 1.807) is 7.11 Å². The maximum absolute atomic E-state index is 11.3. The minimum atomic E-state index is -0.533. The Balaban J connectivity index is 1.85. The fourth-order valence-electron chi connectivity index (χ4n) is 2.35. The molecule has 0 aromatic heterocycles. The Morgan fingerprint density at radius 1 is 1.16 bits per heavy atom. The summed E-state index contributed by atoms with van der Waals surface area (Å²) in [7, 11) is 1.63. The van der Waals surface area contributed by atoms with Crippen molar-refractivity contribution in [1.82, 2.24) is 5.32 Å². The van der Waals surface area contributed by atoms with Crippen LogP contribution in [0.25, 0.3) is 0 Å². The summed E-state index contributed by atoms with van der Waals surface area (Å²) in [5.41, 5.74) is 7.31. The molecule has 2 rings (SSSR count). The van der Waals surface area contributed by atoms with Crippen molar-refractivity contribution < 1.29 is 19.4 Å². The summed E-state index contributed by atoms with van der Waals surface area (Å²) in [4.78, 5) is 11.3. The molecule has 0 aliphatic rings. The fraction of sp³-hybridized carbons (Fsp3) is 0.316. The monoisotopic (exact) mass is 344 g/mol. The number of rotatable bonds is 10. The lowest BCUT2D eigenvalue weighted by Crippen LogP contribution is -2.41. The first-order valence-corrected chi connectivity index (χ1v) is 8.10. The number of aliphatic hydroxyl groups excluding tert-OH is 1. The first-order chi connectivity index (χ1) is 12.1. The largest absolute Gasteiger partial charge is 0.497 e. The van der Waals surface area contributed by atoms with Crippen LogP contribution < -0.4 is 20.5 Å². The van der Waals surface area contributed by atoms with E-state index in [1.165, 1.54) is 0 Å². The van der Waals surface area contributed by atoms with Crippen molar-refractivity contribution in [3.63, 3.8) is 0 Å². The molecule has 1 unspecified atom stereocenters. The normalized spacial score (nSPS) is 11.8. The number of hydrogen-bond donors (Lipinski definition) is 3. The highest BCUT2D eigenvalue weighted by Crippen LogP contribution is 2.17. The van der Waals surface area contributed by atoms with Crippen molar-refractivity contribution >= 4 is 5.91 Å². The standard InChI is InChI=1S/C19H24N2O4/c1-24-17-4-2-3-15(11-17)13-25-16-7-5-14(6-8-16)12-21-18(9-10-22)19(20)23/h2-8,11,18,21-22H,9-10,12-13H2,1H3,(H2,20,23). The van der Waals surface area contributed by atoms with Crippen LogP contribution in [0.3, 0.4) is 0 Å². The first kappa shape index (κ1) is 18.8. The molecule has 0 bridgehead atoms. The molecule has 0 heterocycles. The van der Waals surface area contributed by atoms with Crippen LogP contribution in [-0.4, -0.2) is 30.8 Å². The average Bonchev–Trinajstić information content (AvgIpc) is 2.64. The van der Waals surface area contributed by atoms with Gasteiger partial charge in [0.2, 0.25) is 5.91 Å². The van der Waals surface area contributed by atoms with Crippen molar-refractivity contribution in [3.05, 3.63) is 59.7 Å². The molecule has 0 fully saturated rings. The lowest BCUT2D eigenvalue weighted by atomic mass is 10.1. The second-order valence-corrected chi connectivity index (χ2v) is 5.63. The van der Waals surface area contributed by atoms with Crippen molar-refractivity contribution in [3.8, 4) is 11.5 Å². The van der Waals surface area contributed by atoms with Gasteiger partial charge < -0.3 is 25.6 Å². The summed E-state index contributed by atoms with van der Waals surface area (Å²) >= 11 is 0. The van der Waals surface area contributed by atoms with Gasteiger partial charge >= 0.3 is 0 Å². The molecule has 0 radical (unpaired) electrons. The molecule has 4 N–H and O–H groups in total. The summed E-state index contributed by atoms with van der Waals surface area (Å²) in [5, 5.41) is 12.0. The van der Waals surface area contributed by atoms with Gasteiger partial charge in [0, 0.05) is 13.2 Å². The fourth-order valence-corrected chi connectivity index (χ4v) is 2.35. The first-order valence-electron chi connectivity index (χ1n) is 8.10. The second-order valence-electron chi connectivity index (χ2n) is 5.63. The number of aliphatic hydroxyl groups is 1. The Bertz CT molecular complexity index is 673. The molecule has 0 spiro atoms. The van der Waals surface area contributed by atoms with Gasteiger partial charge in [-0.05, 0) is 41.8 Å². The van der Waals surface area contributed by atoms with Crippen LogP contribution in [0.2, 0.25) is 0 Å². The van der Waals surface area contributed by atoms with Crippen molar-refractivity contribution in [1.29, 1.82) is 0 Å². The topological polar surface area (TPSA) is 93.8 Å². The minimum Gasteiger partial charge on any atom is -0.497 e. The predicted molar refractivity (Wildman–Crippen MR) is 95.3 cm³/mol. The van der Waals surface area contributed by atoms with Gasteiger partial charge in [0.1, 0.15) is 18.1 Å². The summed E-state index contributed by atoms with van der Waals surface area (Å²) in [6.45, 7) is 0.858. The Morgan fingerprint density at radius 3 is 2.56 bits per heavy atom. The SMILES string of the molecule is COc1cccc(COc2ccc(CNC(CCO)C(N)=O)cc2)c1. The smallest absolute Gasteiger partial charge is 0.234 e. The van der Waals surface area contributed by atoms with Gasteiger partial charge in [-0.1, -0.05) is 24.3 Å². The van der Waals surface area contributed by atoms with Gasteiger partial charge in [-0.3, -0.25) is 4.79 Å². The highest BCUT2D eigenvalue weighted by molar-refractivity contribution is 5.79. The van der Waals surface area contributed by atoms with Crippen molar-refractivity contribution in [2.24, 2.45) is 5.73 Å². The van der Waals surface area contributed by atoms with Crippen LogP contribution in [0.4, 0.5) is 0 Å². The van der Waals surface area contributed by atoms with Crippen LogP contribution in [0.5, 0.6) is 11.5 Å². The third kappa shape index (κ3) is 6.10. The van der Waals surface area contributed by atoms with E-state index in [-0.39, 0.29) is 6.61 Å². The van der Waals surface area contributed by atoms with Gasteiger partial charge in [-0.15, -0.1) is 0 Å². The number of amides is 1. The number of carbonyl (C=O) groups excluding carboxylic acids is 1. The molecule has 0 aliphatic carbocycles. The van der Waals surface area contributed by atoms with Crippen molar-refractivity contribution in [2.75, 3.05) is 13.7 Å². The molecular formula is C19H24N2O4. The maximum Gasteiger partial charge on any atom is 0.234 e. The second kappa shape index (κ2) is 9.66. The number of nitrogens with one attached hydrogen (secondary N) is 1. The Labute approximate surface area is 147 Å². The molecule has 134 valence electrons. The molecule has 25 heavy (non-hydrogen) atoms. The third-order valence-corrected chi connectivity index (χ3v) is 3.78. The zero-order valence-corrected chi connectivity index (χ0v) is 14.3. The Hall–Kier alpha value is -2.57. The number of methoxy groups -OCH3 is 1. The van der Waals surface area contributed by atoms with Gasteiger partial charge in [0.05, 0.1) is 13.2 Å². The third-order valence-electron chi connectivity index (χ3n) is 3.78. The van der Waals surface area contributed by atoms with Gasteiger partial charge in [-0.25, -0.2) is 0 Å². The molecule has 1 amide bonds. The molecule has 0 aliphatic heterocycles. The molecule has 2 aromatic rings. The average molecular weight is 344 g/mol. The minimum absolute atomic E-state index is 0.0857. The number of ether oxygens (including phenoxy) is 2. The zero-order valence-electron chi connectivity index (χ0n) is 14.3. The molecular weight excluding hydrogens is 320 g/mol. The van der Waals surface area contributed by atoms with Crippen LogP contribution in [0.15, 0.2) is 48.5 Å². The van der Waals surface area contributed by atoms with E-state index in [1.807, 2.05) is 48.5 Å². The number of nitrogens with two attached hydrogens (primary N) is 1. The van der Waals surface area contributed by atoms with E-state index in [4.69, 9.17) is 20.3 Å². The highest BCUT2D eigenvalue weighted by atomic mass is 16.5. The molecule has 6 nitrogen and oxygen atoms in total. The number of hydrogen-bond acceptors (Lipinski definition) is 5. The quantitative estimate of drug-likeness (QED) is 0.609. The van der Waals surface area contributed by atoms with E-state index < -0.39 is 11.9 Å². The Kier molecular flexibility index (Phi) is 7.25. The van der Waals surface area contributed by atoms with Crippen LogP contribution >= 0.6 is 0 Å². The van der Waals surface area contributed by atoms with E-state index in [0.29, 0.717) is 19.6 Å². The molecule has 6 heteroatoms. The number of benzene rings is 2. The lowest BCUT2D eigenvalue weighted by molar-refractivity contribution is -0.120. The van der Waals surface area contributed by atoms with Gasteiger partial charge in [-0.2, -0.15) is 0 Å². The maximum atomic E-state index is 11.3. The van der Waals surface area contributed by atoms with Crippen LogP contribution in [0.1, 0.15) is 17.5 Å². The molecule has 1 atom stereocenters. The zero-order chi connectivity index (χ0) is 18.1. The molecule has 2 aromatic carbocycles. The van der Waals surface area contributed by atoms with Gasteiger partial charge in [0.15, 0.2) is 0 Å². The molecule has 0 saturated heterocycles. The lowest BCUT2D eigenvalue weighted by Gasteiger charge is -2.14. The van der Waals surface area contributed by atoms with Crippen LogP contribution in [0, 0.1) is 0 Å². The van der Waals surface area contributed by atoms with E-state index >= 15 is 0 Å². The van der Waals surface area contributed by atoms with E-state index in [2.05, 4.69) is 5.32 Å². The van der Waals surface area contributed by atoms with E-state index in [0.717, 1.165) is 22.6 Å². The molecule has 0 saturated carbocycles. The predicted octanol–water partition coefficient (Wildman–Crippen LogP) is 1.60. The summed E-state index contributed by atoms with van der Waals surface area (Å²) in [6.07, 6.45) is 0.303. The Morgan fingerprint density at radius 2 is 1.92 bits per heavy atom. The summed E-state index contributed by atoms with van der Waals surface area (Å²) in [6, 6.07) is 14.8. The number of carbonyl (C=O) groups is 1.